The number of hydrogen-bond acceptors (Lipinski definition) is 1. The van der Waals surface area contributed by atoms with Gasteiger partial charge in [0.1, 0.15) is 0 Å². The molecule has 121 valence electrons. The summed E-state index contributed by atoms with van der Waals surface area (Å²) in [4.78, 5) is 0. The van der Waals surface area contributed by atoms with Gasteiger partial charge >= 0.3 is 26.2 Å². The minimum absolute atomic E-state index is 0. The fourth-order valence-corrected chi connectivity index (χ4v) is 2.44. The van der Waals surface area contributed by atoms with Crippen molar-refractivity contribution >= 4 is 0 Å². The number of hydrogen-bond donors (Lipinski definition) is 1. The molecule has 1 aromatic carbocycles. The third-order valence-electron chi connectivity index (χ3n) is 3.93. The molecule has 1 nitrogen and oxygen atoms in total. The number of rotatable bonds is 2. The zero-order valence-electron chi connectivity index (χ0n) is 15.2. The second kappa shape index (κ2) is 13.0. The van der Waals surface area contributed by atoms with Crippen LogP contribution in [0.25, 0.3) is 0 Å². The molecule has 2 atom stereocenters. The second-order valence-electron chi connectivity index (χ2n) is 5.31. The Morgan fingerprint density at radius 2 is 1.55 bits per heavy atom. The Kier molecular flexibility index (Phi) is 15.7. The van der Waals surface area contributed by atoms with Crippen LogP contribution >= 0.6 is 0 Å². The van der Waals surface area contributed by atoms with Gasteiger partial charge in [0.15, 0.2) is 0 Å². The fourth-order valence-electron chi connectivity index (χ4n) is 2.44. The summed E-state index contributed by atoms with van der Waals surface area (Å²) >= 11 is 0. The molecule has 1 aromatic rings. The summed E-state index contributed by atoms with van der Waals surface area (Å²) in [7, 11) is 0. The van der Waals surface area contributed by atoms with Crippen LogP contribution in [-0.2, 0) is 26.2 Å². The molecule has 1 aliphatic rings. The zero-order chi connectivity index (χ0) is 14.4. The van der Waals surface area contributed by atoms with Gasteiger partial charge in [-0.15, -0.1) is 0 Å². The Hall–Kier alpha value is -0.457. The summed E-state index contributed by atoms with van der Waals surface area (Å²) in [6.45, 7) is 10.6. The minimum atomic E-state index is -0.217. The van der Waals surface area contributed by atoms with Crippen LogP contribution in [0.5, 0.6) is 0 Å². The molecule has 1 N–H and O–H groups in total. The molecule has 0 aliphatic heterocycles. The van der Waals surface area contributed by atoms with Crippen LogP contribution in [0.15, 0.2) is 52.6 Å². The van der Waals surface area contributed by atoms with E-state index in [1.54, 1.807) is 0 Å². The molecule has 1 radical (unpaired) electrons. The summed E-state index contributed by atoms with van der Waals surface area (Å²) < 4.78 is 0. The summed E-state index contributed by atoms with van der Waals surface area (Å²) in [5, 5.41) is 9.37. The van der Waals surface area contributed by atoms with Gasteiger partial charge in [-0.05, 0) is 51.2 Å². The van der Waals surface area contributed by atoms with Gasteiger partial charge in [-0.2, -0.15) is 36.4 Å². The quantitative estimate of drug-likeness (QED) is 0.679. The average molecular weight is 379 g/mol. The van der Waals surface area contributed by atoms with E-state index in [-0.39, 0.29) is 47.2 Å². The first kappa shape index (κ1) is 26.4. The van der Waals surface area contributed by atoms with E-state index in [1.807, 2.05) is 37.3 Å². The van der Waals surface area contributed by atoms with Crippen LogP contribution in [-0.4, -0.2) is 11.2 Å². The molecule has 2 unspecified atom stereocenters. The van der Waals surface area contributed by atoms with Crippen LogP contribution in [0.4, 0.5) is 0 Å². The van der Waals surface area contributed by atoms with Crippen molar-refractivity contribution in [1.82, 2.24) is 0 Å². The average Bonchev–Trinajstić information content (AvgIpc) is 2.59. The van der Waals surface area contributed by atoms with E-state index >= 15 is 0 Å². The molecule has 0 spiro atoms. The second-order valence-corrected chi connectivity index (χ2v) is 5.31. The summed E-state index contributed by atoms with van der Waals surface area (Å²) in [6, 6.07) is 12.5. The van der Waals surface area contributed by atoms with Crippen molar-refractivity contribution in [3.05, 3.63) is 73.5 Å². The van der Waals surface area contributed by atoms with E-state index in [2.05, 4.69) is 33.8 Å². The van der Waals surface area contributed by atoms with Crippen LogP contribution in [0.1, 0.15) is 41.0 Å². The van der Waals surface area contributed by atoms with Crippen LogP contribution in [0, 0.1) is 26.8 Å². The number of allylic oxidation sites excluding steroid dienone is 3. The van der Waals surface area contributed by atoms with Crippen LogP contribution < -0.4 is 0 Å². The van der Waals surface area contributed by atoms with Crippen molar-refractivity contribution in [3.8, 4) is 0 Å². The summed E-state index contributed by atoms with van der Waals surface area (Å²) in [5.41, 5.74) is 5.70. The Morgan fingerprint density at radius 1 is 1.05 bits per heavy atom. The van der Waals surface area contributed by atoms with E-state index in [0.717, 1.165) is 6.42 Å². The topological polar surface area (TPSA) is 20.2 Å². The predicted octanol–water partition coefficient (Wildman–Crippen LogP) is 5.44. The van der Waals surface area contributed by atoms with Gasteiger partial charge in [-0.3, -0.25) is 0 Å². The normalized spacial score (nSPS) is 17.5. The van der Waals surface area contributed by atoms with Gasteiger partial charge in [0.2, 0.25) is 0 Å². The maximum atomic E-state index is 9.37. The molecule has 22 heavy (non-hydrogen) atoms. The van der Waals surface area contributed by atoms with Gasteiger partial charge < -0.3 is 20.0 Å². The molecule has 0 fully saturated rings. The van der Waals surface area contributed by atoms with Gasteiger partial charge in [0.05, 0.1) is 6.10 Å². The van der Waals surface area contributed by atoms with Gasteiger partial charge in [0.25, 0.3) is 0 Å². The van der Waals surface area contributed by atoms with E-state index < -0.39 is 0 Å². The standard InChI is InChI=1S/C12H20O.C6H5.2CH3.Zr/c1-7(13)6-12-10(4)8(2)9(3)11(12)5;1-2-4-6-5-3-1;;;/h7,10,13H,6H2,1-5H3;1-5H;2*1H3;/q;3*-1;+3. The smallest absolute Gasteiger partial charge is 0.393 e. The molecule has 0 amide bonds. The number of aliphatic hydroxyl groups is 1. The van der Waals surface area contributed by atoms with Gasteiger partial charge in [-0.1, -0.05) is 18.1 Å². The van der Waals surface area contributed by atoms with E-state index in [0.29, 0.717) is 5.92 Å². The van der Waals surface area contributed by atoms with Crippen LogP contribution in [0.2, 0.25) is 0 Å². The molecule has 0 bridgehead atoms. The van der Waals surface area contributed by atoms with E-state index in [9.17, 15) is 5.11 Å². The van der Waals surface area contributed by atoms with E-state index in [4.69, 9.17) is 0 Å². The van der Waals surface area contributed by atoms with Gasteiger partial charge in [0, 0.05) is 0 Å². The van der Waals surface area contributed by atoms with Crippen molar-refractivity contribution in [2.24, 2.45) is 5.92 Å². The SMILES string of the molecule is CC1=C(C)C(C)C(CC(C)O)=C1C.[CH3-].[CH3-].[Zr+3].[c-]1ccccc1. The monoisotopic (exact) mass is 377 g/mol. The van der Waals surface area contributed by atoms with Crippen molar-refractivity contribution in [2.75, 3.05) is 0 Å². The van der Waals surface area contributed by atoms with Gasteiger partial charge in [-0.25, -0.2) is 0 Å². The Morgan fingerprint density at radius 3 is 1.77 bits per heavy atom. The maximum Gasteiger partial charge on any atom is 3.00 e. The number of aliphatic hydroxyl groups excluding tert-OH is 1. The molecule has 0 saturated heterocycles. The zero-order valence-corrected chi connectivity index (χ0v) is 17.7. The molecule has 0 aromatic heterocycles. The first-order valence-corrected chi connectivity index (χ1v) is 6.91. The first-order chi connectivity index (χ1) is 8.95. The van der Waals surface area contributed by atoms with E-state index in [1.165, 1.54) is 22.3 Å². The molecular weight excluding hydrogens is 347 g/mol. The number of benzene rings is 1. The maximum absolute atomic E-state index is 9.37. The Labute approximate surface area is 157 Å². The molecule has 0 saturated carbocycles. The first-order valence-electron chi connectivity index (χ1n) is 6.91. The summed E-state index contributed by atoms with van der Waals surface area (Å²) in [6.07, 6.45) is 0.605. The van der Waals surface area contributed by atoms with Crippen molar-refractivity contribution in [3.63, 3.8) is 0 Å². The fraction of sp³-hybridized carbons (Fsp3) is 0.400. The van der Waals surface area contributed by atoms with Crippen molar-refractivity contribution in [1.29, 1.82) is 0 Å². The largest absolute Gasteiger partial charge is 3.00 e. The molecule has 1 aliphatic carbocycles. The minimum Gasteiger partial charge on any atom is -0.393 e. The van der Waals surface area contributed by atoms with Crippen LogP contribution in [0.3, 0.4) is 0 Å². The molecular formula is C20H31OZr. The predicted molar refractivity (Wildman–Crippen MR) is 94.6 cm³/mol. The summed E-state index contributed by atoms with van der Waals surface area (Å²) in [5.74, 6) is 0.537. The molecule has 2 rings (SSSR count). The molecule has 2 heteroatoms. The Balaban J connectivity index is -0.000000346. The third-order valence-corrected chi connectivity index (χ3v) is 3.93. The Bertz CT molecular complexity index is 431. The molecule has 0 heterocycles. The van der Waals surface area contributed by atoms with Crippen molar-refractivity contribution in [2.45, 2.75) is 47.1 Å². The third kappa shape index (κ3) is 7.70. The van der Waals surface area contributed by atoms with Crippen molar-refractivity contribution < 1.29 is 31.3 Å².